The third-order valence-corrected chi connectivity index (χ3v) is 7.62. The Morgan fingerprint density at radius 1 is 0.794 bits per heavy atom. The van der Waals surface area contributed by atoms with Gasteiger partial charge in [-0.15, -0.1) is 0 Å². The quantitative estimate of drug-likeness (QED) is 0.273. The summed E-state index contributed by atoms with van der Waals surface area (Å²) in [6.07, 6.45) is 2.37. The van der Waals surface area contributed by atoms with Gasteiger partial charge in [0, 0.05) is 41.9 Å². The van der Waals surface area contributed by atoms with Crippen molar-refractivity contribution in [3.8, 4) is 22.4 Å². The summed E-state index contributed by atoms with van der Waals surface area (Å²) in [7, 11) is 4.32. The van der Waals surface area contributed by atoms with Crippen molar-refractivity contribution in [3.05, 3.63) is 89.8 Å². The van der Waals surface area contributed by atoms with Gasteiger partial charge in [-0.3, -0.25) is 0 Å². The van der Waals surface area contributed by atoms with E-state index in [0.29, 0.717) is 5.36 Å². The Bertz CT molecular complexity index is 1680. The number of aryl methyl sites for hydroxylation is 1. The first kappa shape index (κ1) is 20.7. The van der Waals surface area contributed by atoms with Gasteiger partial charge >= 0.3 is 0 Å². The van der Waals surface area contributed by atoms with Crippen LogP contribution in [0.15, 0.2) is 78.9 Å². The molecular weight excluding hydrogens is 414 g/mol. The lowest BCUT2D eigenvalue weighted by Crippen LogP contribution is -2.42. The molecule has 3 nitrogen and oxygen atoms in total. The van der Waals surface area contributed by atoms with E-state index in [1.54, 1.807) is 0 Å². The van der Waals surface area contributed by atoms with Gasteiger partial charge in [-0.05, 0) is 66.9 Å². The van der Waals surface area contributed by atoms with E-state index in [4.69, 9.17) is 5.41 Å². The molecule has 0 saturated carbocycles. The molecule has 3 heteroatoms. The molecule has 34 heavy (non-hydrogen) atoms. The third kappa shape index (κ3) is 2.86. The molecule has 1 aliphatic carbocycles. The third-order valence-electron chi connectivity index (χ3n) is 7.62. The molecule has 0 fully saturated rings. The van der Waals surface area contributed by atoms with Crippen molar-refractivity contribution in [1.29, 1.82) is 5.41 Å². The fourth-order valence-corrected chi connectivity index (χ4v) is 5.75. The second-order valence-electron chi connectivity index (χ2n) is 10.1. The number of pyridine rings is 1. The molecule has 168 valence electrons. The van der Waals surface area contributed by atoms with E-state index in [0.717, 1.165) is 5.69 Å². The highest BCUT2D eigenvalue weighted by Gasteiger charge is 2.31. The molecule has 3 aromatic carbocycles. The van der Waals surface area contributed by atoms with Crippen molar-refractivity contribution in [2.24, 2.45) is 7.05 Å². The lowest BCUT2D eigenvalue weighted by atomic mass is 9.84. The van der Waals surface area contributed by atoms with Gasteiger partial charge in [0.2, 0.25) is 0 Å². The van der Waals surface area contributed by atoms with Crippen LogP contribution in [0.3, 0.4) is 0 Å². The van der Waals surface area contributed by atoms with Gasteiger partial charge in [0.25, 0.3) is 0 Å². The van der Waals surface area contributed by atoms with Gasteiger partial charge in [0.05, 0.1) is 22.1 Å². The molecule has 0 radical (unpaired) electrons. The van der Waals surface area contributed by atoms with Gasteiger partial charge in [0.15, 0.2) is 0 Å². The average Bonchev–Trinajstić information content (AvgIpc) is 2.82. The predicted molar refractivity (Wildman–Crippen MR) is 144 cm³/mol. The molecule has 1 N–H and O–H groups in total. The van der Waals surface area contributed by atoms with Crippen LogP contribution in [-0.2, 0) is 7.05 Å². The molecule has 0 aromatic heterocycles. The van der Waals surface area contributed by atoms with Crippen LogP contribution in [0.5, 0.6) is 0 Å². The minimum atomic E-state index is -0.0459. The second-order valence-corrected chi connectivity index (χ2v) is 10.1. The normalized spacial score (nSPS) is 15.1. The van der Waals surface area contributed by atoms with Gasteiger partial charge < -0.3 is 14.9 Å². The number of aromatic nitrogens is 1. The SMILES string of the molecule is CC1=CC(C)(C)N(C)c2ccc3c(-c4ccc5ccccc5c4)c4ccc(=N)cc-4n(C)c3c21. The van der Waals surface area contributed by atoms with E-state index in [1.807, 2.05) is 12.1 Å². The molecule has 3 aliphatic rings. The van der Waals surface area contributed by atoms with Crippen LogP contribution in [0.25, 0.3) is 49.6 Å². The Morgan fingerprint density at radius 3 is 2.35 bits per heavy atom. The largest absolute Gasteiger partial charge is 0.365 e. The van der Waals surface area contributed by atoms with Crippen molar-refractivity contribution in [1.82, 2.24) is 4.57 Å². The van der Waals surface area contributed by atoms with Gasteiger partial charge in [-0.2, -0.15) is 0 Å². The number of likely N-dealkylation sites (N-methyl/N-ethyl adjacent to an activating group) is 1. The lowest BCUT2D eigenvalue weighted by molar-refractivity contribution is 0.598. The van der Waals surface area contributed by atoms with Crippen LogP contribution >= 0.6 is 0 Å². The molecule has 0 spiro atoms. The fraction of sp³-hybridized carbons (Fsp3) is 0.194. The fourth-order valence-electron chi connectivity index (χ4n) is 5.75. The van der Waals surface area contributed by atoms with Crippen LogP contribution in [0.1, 0.15) is 26.3 Å². The van der Waals surface area contributed by atoms with Crippen molar-refractivity contribution in [2.45, 2.75) is 26.3 Å². The number of nitrogens with one attached hydrogen (secondary N) is 1. The zero-order chi connectivity index (χ0) is 23.8. The first-order chi connectivity index (χ1) is 16.3. The number of hydrogen-bond acceptors (Lipinski definition) is 2. The van der Waals surface area contributed by atoms with E-state index in [2.05, 4.69) is 111 Å². The minimum Gasteiger partial charge on any atom is -0.365 e. The minimum absolute atomic E-state index is 0.0459. The van der Waals surface area contributed by atoms with E-state index in [1.165, 1.54) is 55.2 Å². The number of benzene rings is 4. The Labute approximate surface area is 200 Å². The summed E-state index contributed by atoms with van der Waals surface area (Å²) in [6.45, 7) is 6.75. The Kier molecular flexibility index (Phi) is 4.31. The van der Waals surface area contributed by atoms with Crippen LogP contribution < -0.4 is 10.3 Å². The summed E-state index contributed by atoms with van der Waals surface area (Å²) in [5.74, 6) is 0. The summed E-state index contributed by atoms with van der Waals surface area (Å²) in [5.41, 5.74) is 9.69. The Hall–Kier alpha value is -3.85. The van der Waals surface area contributed by atoms with Gasteiger partial charge in [-0.1, -0.05) is 54.6 Å². The van der Waals surface area contributed by atoms with Crippen molar-refractivity contribution < 1.29 is 0 Å². The van der Waals surface area contributed by atoms with Crippen LogP contribution in [-0.4, -0.2) is 17.2 Å². The maximum absolute atomic E-state index is 8.34. The number of hydrogen-bond donors (Lipinski definition) is 1. The van der Waals surface area contributed by atoms with E-state index < -0.39 is 0 Å². The summed E-state index contributed by atoms with van der Waals surface area (Å²) in [4.78, 5) is 2.37. The molecule has 3 aromatic rings. The summed E-state index contributed by atoms with van der Waals surface area (Å²) < 4.78 is 2.29. The van der Waals surface area contributed by atoms with E-state index >= 15 is 0 Å². The number of anilines is 1. The summed E-state index contributed by atoms with van der Waals surface area (Å²) in [6, 6.07) is 25.9. The standard InChI is InChI=1S/C31H29N3/c1-19-18-31(2,3)34(5)26-15-14-25-29(22-11-10-20-8-6-7-9-21(20)16-22)24-13-12-23(32)17-27(24)33(4)30(25)28(19)26/h6-18,32H,1-5H3. The number of nitrogens with zero attached hydrogens (tertiary/aromatic N) is 2. The summed E-state index contributed by atoms with van der Waals surface area (Å²) >= 11 is 0. The molecule has 0 atom stereocenters. The zero-order valence-corrected chi connectivity index (χ0v) is 20.4. The highest BCUT2D eigenvalue weighted by Crippen LogP contribution is 2.47. The molecule has 2 heterocycles. The maximum atomic E-state index is 8.34. The molecule has 0 amide bonds. The summed E-state index contributed by atoms with van der Waals surface area (Å²) in [5, 5.41) is 12.6. The number of rotatable bonds is 1. The Morgan fingerprint density at radius 2 is 1.56 bits per heavy atom. The van der Waals surface area contributed by atoms with Crippen molar-refractivity contribution in [2.75, 3.05) is 11.9 Å². The van der Waals surface area contributed by atoms with Gasteiger partial charge in [0.1, 0.15) is 0 Å². The van der Waals surface area contributed by atoms with Crippen molar-refractivity contribution in [3.63, 3.8) is 0 Å². The molecule has 0 saturated heterocycles. The molecule has 6 rings (SSSR count). The molecule has 0 bridgehead atoms. The zero-order valence-electron chi connectivity index (χ0n) is 20.4. The first-order valence-corrected chi connectivity index (χ1v) is 11.8. The molecular formula is C31H29N3. The van der Waals surface area contributed by atoms with E-state index in [9.17, 15) is 0 Å². The van der Waals surface area contributed by atoms with Gasteiger partial charge in [-0.25, -0.2) is 0 Å². The highest BCUT2D eigenvalue weighted by molar-refractivity contribution is 6.10. The monoisotopic (exact) mass is 443 g/mol. The second kappa shape index (κ2) is 7.07. The highest BCUT2D eigenvalue weighted by atomic mass is 15.2. The smallest absolute Gasteiger partial charge is 0.0585 e. The molecule has 0 unspecified atom stereocenters. The predicted octanol–water partition coefficient (Wildman–Crippen LogP) is 7.21. The Balaban J connectivity index is 1.80. The van der Waals surface area contributed by atoms with E-state index in [-0.39, 0.29) is 5.54 Å². The van der Waals surface area contributed by atoms with Crippen LogP contribution in [0.2, 0.25) is 0 Å². The first-order valence-electron chi connectivity index (χ1n) is 11.8. The molecule has 2 aliphatic heterocycles. The lowest BCUT2D eigenvalue weighted by Gasteiger charge is -2.41. The topological polar surface area (TPSA) is 32.0 Å². The maximum Gasteiger partial charge on any atom is 0.0585 e. The number of fused-ring (bicyclic) bond motifs is 5. The number of allylic oxidation sites excluding steroid dienone is 1. The average molecular weight is 444 g/mol. The van der Waals surface area contributed by atoms with Crippen LogP contribution in [0, 0.1) is 5.41 Å². The van der Waals surface area contributed by atoms with Crippen molar-refractivity contribution >= 4 is 32.9 Å². The van der Waals surface area contributed by atoms with Crippen LogP contribution in [0.4, 0.5) is 5.69 Å².